The van der Waals surface area contributed by atoms with Gasteiger partial charge in [0.1, 0.15) is 11.6 Å². The topological polar surface area (TPSA) is 60.5 Å². The van der Waals surface area contributed by atoms with Crippen LogP contribution in [-0.2, 0) is 4.79 Å². The number of carbonyl (C=O) groups is 1. The first kappa shape index (κ1) is 12.0. The molecule has 0 fully saturated rings. The van der Waals surface area contributed by atoms with Gasteiger partial charge in [-0.05, 0) is 36.7 Å². The summed E-state index contributed by atoms with van der Waals surface area (Å²) in [5, 5.41) is 3.49. The number of amides is 1. The molecule has 0 bridgehead atoms. The van der Waals surface area contributed by atoms with E-state index in [2.05, 4.69) is 9.69 Å². The Labute approximate surface area is 114 Å². The van der Waals surface area contributed by atoms with Gasteiger partial charge < -0.3 is 14.8 Å². The number of hydrogen-bond donors (Lipinski definition) is 1. The van der Waals surface area contributed by atoms with Crippen LogP contribution in [0.3, 0.4) is 0 Å². The third-order valence-corrected chi connectivity index (χ3v) is 3.47. The molecule has 1 aromatic carbocycles. The van der Waals surface area contributed by atoms with Crippen molar-refractivity contribution in [1.29, 1.82) is 0 Å². The lowest BCUT2D eigenvalue weighted by Crippen LogP contribution is -2.40. The Kier molecular flexibility index (Phi) is 3.08. The number of carbonyl (C=O) groups excluding carboxylic acids is 1. The summed E-state index contributed by atoms with van der Waals surface area (Å²) in [4.78, 5) is 12.0. The second kappa shape index (κ2) is 4.89. The molecule has 0 spiro atoms. The number of benzene rings is 1. The zero-order chi connectivity index (χ0) is 13.2. The molecule has 0 aliphatic carbocycles. The minimum atomic E-state index is -0.641. The fourth-order valence-corrected chi connectivity index (χ4v) is 2.44. The highest BCUT2D eigenvalue weighted by Gasteiger charge is 2.27. The van der Waals surface area contributed by atoms with E-state index in [1.54, 1.807) is 6.07 Å². The lowest BCUT2D eigenvalue weighted by Gasteiger charge is -2.25. The molecule has 0 unspecified atom stereocenters. The number of rotatable bonds is 2. The van der Waals surface area contributed by atoms with Crippen LogP contribution in [0, 0.1) is 6.92 Å². The molecule has 98 valence electrons. The van der Waals surface area contributed by atoms with Gasteiger partial charge in [0.15, 0.2) is 11.5 Å². The number of nitrogens with one attached hydrogen (secondary N) is 1. The molecule has 1 amide bonds. The van der Waals surface area contributed by atoms with Gasteiger partial charge >= 0.3 is 0 Å². The Balaban J connectivity index is 1.69. The normalized spacial score (nSPS) is 17.0. The maximum absolute atomic E-state index is 12.0. The van der Waals surface area contributed by atoms with Gasteiger partial charge in [-0.15, -0.1) is 0 Å². The largest absolute Gasteiger partial charge is 0.485 e. The maximum Gasteiger partial charge on any atom is 0.269 e. The SMILES string of the molecule is Cc1cc(NC(=O)[C@H]2COc3ccccc3O2)sn1. The molecule has 2 heterocycles. The molecule has 1 N–H and O–H groups in total. The number of ether oxygens (including phenoxy) is 2. The Morgan fingerprint density at radius 3 is 2.95 bits per heavy atom. The van der Waals surface area contributed by atoms with Crippen LogP contribution in [0.4, 0.5) is 5.00 Å². The molecule has 1 aliphatic rings. The van der Waals surface area contributed by atoms with E-state index in [1.165, 1.54) is 11.5 Å². The van der Waals surface area contributed by atoms with Gasteiger partial charge in [0.25, 0.3) is 5.91 Å². The second-order valence-corrected chi connectivity index (χ2v) is 4.99. The lowest BCUT2D eigenvalue weighted by atomic mass is 10.2. The first-order valence-corrected chi connectivity index (χ1v) is 6.62. The van der Waals surface area contributed by atoms with Gasteiger partial charge in [-0.2, -0.15) is 4.37 Å². The molecule has 19 heavy (non-hydrogen) atoms. The van der Waals surface area contributed by atoms with Crippen molar-refractivity contribution >= 4 is 22.4 Å². The average molecular weight is 276 g/mol. The van der Waals surface area contributed by atoms with E-state index in [-0.39, 0.29) is 12.5 Å². The summed E-state index contributed by atoms with van der Waals surface area (Å²) < 4.78 is 15.2. The highest BCUT2D eigenvalue weighted by atomic mass is 32.1. The van der Waals surface area contributed by atoms with Gasteiger partial charge in [-0.25, -0.2) is 0 Å². The van der Waals surface area contributed by atoms with Crippen LogP contribution in [0.2, 0.25) is 0 Å². The Morgan fingerprint density at radius 2 is 2.21 bits per heavy atom. The van der Waals surface area contributed by atoms with E-state index in [0.29, 0.717) is 16.5 Å². The molecule has 0 saturated carbocycles. The van der Waals surface area contributed by atoms with E-state index in [1.807, 2.05) is 31.2 Å². The van der Waals surface area contributed by atoms with Crippen molar-refractivity contribution in [2.24, 2.45) is 0 Å². The van der Waals surface area contributed by atoms with Crippen LogP contribution in [0.25, 0.3) is 0 Å². The first-order valence-electron chi connectivity index (χ1n) is 5.85. The quantitative estimate of drug-likeness (QED) is 0.913. The summed E-state index contributed by atoms with van der Waals surface area (Å²) in [5.41, 5.74) is 0.881. The van der Waals surface area contributed by atoms with Crippen molar-refractivity contribution in [3.8, 4) is 11.5 Å². The zero-order valence-electron chi connectivity index (χ0n) is 10.3. The number of aromatic nitrogens is 1. The van der Waals surface area contributed by atoms with Gasteiger partial charge in [0, 0.05) is 0 Å². The standard InChI is InChI=1S/C13H12N2O3S/c1-8-6-12(19-15-8)14-13(16)11-7-17-9-4-2-3-5-10(9)18-11/h2-6,11H,7H2,1H3,(H,14,16)/t11-/m1/s1. The molecular formula is C13H12N2O3S. The molecule has 0 radical (unpaired) electrons. The Bertz CT molecular complexity index is 611. The number of fused-ring (bicyclic) bond motifs is 1. The van der Waals surface area contributed by atoms with Crippen LogP contribution in [-0.4, -0.2) is 23.0 Å². The fraction of sp³-hybridized carbons (Fsp3) is 0.231. The molecule has 1 atom stereocenters. The average Bonchev–Trinajstić information content (AvgIpc) is 2.83. The van der Waals surface area contributed by atoms with Crippen LogP contribution in [0.15, 0.2) is 30.3 Å². The van der Waals surface area contributed by atoms with E-state index in [0.717, 1.165) is 5.69 Å². The van der Waals surface area contributed by atoms with Gasteiger partial charge in [-0.3, -0.25) is 4.79 Å². The molecular weight excluding hydrogens is 264 g/mol. The Morgan fingerprint density at radius 1 is 1.42 bits per heavy atom. The monoisotopic (exact) mass is 276 g/mol. The van der Waals surface area contributed by atoms with E-state index in [4.69, 9.17) is 9.47 Å². The van der Waals surface area contributed by atoms with E-state index < -0.39 is 6.10 Å². The lowest BCUT2D eigenvalue weighted by molar-refractivity contribution is -0.125. The van der Waals surface area contributed by atoms with Crippen LogP contribution in [0.5, 0.6) is 11.5 Å². The van der Waals surface area contributed by atoms with Gasteiger partial charge in [0.2, 0.25) is 6.10 Å². The molecule has 5 nitrogen and oxygen atoms in total. The van der Waals surface area contributed by atoms with E-state index in [9.17, 15) is 4.79 Å². The number of anilines is 1. The first-order chi connectivity index (χ1) is 9.22. The van der Waals surface area contributed by atoms with Crippen molar-refractivity contribution in [2.45, 2.75) is 13.0 Å². The molecule has 1 aliphatic heterocycles. The number of aryl methyl sites for hydroxylation is 1. The van der Waals surface area contributed by atoms with Crippen molar-refractivity contribution < 1.29 is 14.3 Å². The fourth-order valence-electron chi connectivity index (χ4n) is 1.77. The molecule has 3 rings (SSSR count). The highest BCUT2D eigenvalue weighted by Crippen LogP contribution is 2.31. The maximum atomic E-state index is 12.0. The molecule has 2 aromatic rings. The van der Waals surface area contributed by atoms with Crippen LogP contribution in [0.1, 0.15) is 5.69 Å². The minimum absolute atomic E-state index is 0.209. The summed E-state index contributed by atoms with van der Waals surface area (Å²) in [7, 11) is 0. The predicted molar refractivity (Wildman–Crippen MR) is 71.8 cm³/mol. The number of hydrogen-bond acceptors (Lipinski definition) is 5. The minimum Gasteiger partial charge on any atom is -0.485 e. The van der Waals surface area contributed by atoms with E-state index >= 15 is 0 Å². The van der Waals surface area contributed by atoms with Crippen LogP contribution < -0.4 is 14.8 Å². The van der Waals surface area contributed by atoms with Crippen molar-refractivity contribution in [3.05, 3.63) is 36.0 Å². The van der Waals surface area contributed by atoms with Crippen LogP contribution >= 0.6 is 11.5 Å². The predicted octanol–water partition coefficient (Wildman–Crippen LogP) is 2.23. The second-order valence-electron chi connectivity index (χ2n) is 4.19. The number of para-hydroxylation sites is 2. The van der Waals surface area contributed by atoms with Gasteiger partial charge in [0.05, 0.1) is 5.69 Å². The zero-order valence-corrected chi connectivity index (χ0v) is 11.1. The summed E-state index contributed by atoms with van der Waals surface area (Å²) in [6, 6.07) is 9.12. The number of nitrogens with zero attached hydrogens (tertiary/aromatic N) is 1. The summed E-state index contributed by atoms with van der Waals surface area (Å²) >= 11 is 1.25. The summed E-state index contributed by atoms with van der Waals surface area (Å²) in [5.74, 6) is 1.03. The highest BCUT2D eigenvalue weighted by molar-refractivity contribution is 7.10. The third-order valence-electron chi connectivity index (χ3n) is 2.68. The summed E-state index contributed by atoms with van der Waals surface area (Å²) in [6.07, 6.45) is -0.641. The molecule has 0 saturated heterocycles. The van der Waals surface area contributed by atoms with Crippen molar-refractivity contribution in [1.82, 2.24) is 4.37 Å². The third kappa shape index (κ3) is 2.53. The van der Waals surface area contributed by atoms with Gasteiger partial charge in [-0.1, -0.05) is 12.1 Å². The smallest absolute Gasteiger partial charge is 0.269 e. The van der Waals surface area contributed by atoms with Crippen molar-refractivity contribution in [3.63, 3.8) is 0 Å². The summed E-state index contributed by atoms with van der Waals surface area (Å²) in [6.45, 7) is 2.09. The van der Waals surface area contributed by atoms with Crippen molar-refractivity contribution in [2.75, 3.05) is 11.9 Å². The molecule has 6 heteroatoms. The molecule has 1 aromatic heterocycles. The Hall–Kier alpha value is -2.08.